The summed E-state index contributed by atoms with van der Waals surface area (Å²) in [6, 6.07) is 0. The van der Waals surface area contributed by atoms with Gasteiger partial charge >= 0.3 is 0 Å². The molecule has 0 amide bonds. The van der Waals surface area contributed by atoms with Gasteiger partial charge in [0, 0.05) is 0 Å². The number of aliphatic hydroxyl groups excluding tert-OH is 8. The second-order valence-electron chi connectivity index (χ2n) is 6.32. The van der Waals surface area contributed by atoms with E-state index in [2.05, 4.69) is 5.32 Å². The van der Waals surface area contributed by atoms with E-state index in [0.29, 0.717) is 0 Å². The van der Waals surface area contributed by atoms with Gasteiger partial charge in [-0.2, -0.15) is 0 Å². The first-order valence-corrected chi connectivity index (χ1v) is 8.26. The number of aliphatic hydroxyl groups is 8. The Labute approximate surface area is 149 Å². The molecule has 2 aliphatic heterocycles. The summed E-state index contributed by atoms with van der Waals surface area (Å²) in [5.74, 6) is 0. The third-order valence-corrected chi connectivity index (χ3v) is 4.60. The van der Waals surface area contributed by atoms with Crippen molar-refractivity contribution in [2.24, 2.45) is 0 Å². The Morgan fingerprint density at radius 1 is 0.962 bits per heavy atom. The third-order valence-electron chi connectivity index (χ3n) is 4.60. The van der Waals surface area contributed by atoms with Crippen LogP contribution in [0.4, 0.5) is 0 Å². The minimum Gasteiger partial charge on any atom is -0.394 e. The normalized spacial score (nSPS) is 50.0. The van der Waals surface area contributed by atoms with Gasteiger partial charge in [0.05, 0.1) is 13.2 Å². The first-order valence-electron chi connectivity index (χ1n) is 8.26. The minimum absolute atomic E-state index is 0.229. The molecule has 154 valence electrons. The Bertz CT molecular complexity index is 455. The van der Waals surface area contributed by atoms with Crippen LogP contribution in [0.2, 0.25) is 0 Å². The van der Waals surface area contributed by atoms with E-state index < -0.39 is 74.2 Å². The molecule has 0 aromatic carbocycles. The van der Waals surface area contributed by atoms with Crippen molar-refractivity contribution >= 4 is 0 Å². The molecule has 0 bridgehead atoms. The summed E-state index contributed by atoms with van der Waals surface area (Å²) in [6.45, 7) is 0.406. The fraction of sp³-hybridized carbons (Fsp3) is 1.00. The smallest absolute Gasteiger partial charge is 0.189 e. The SMILES string of the molecule is CCN[C@]1(CO)O[C@H](O[C@H]2[C@H](O)[C@@H](O)[C@H](O)O[C@@H]2CO)[C@H](O)[C@@H](O)[C@H]1O. The van der Waals surface area contributed by atoms with Gasteiger partial charge in [-0.05, 0) is 6.54 Å². The molecule has 2 heterocycles. The average Bonchev–Trinajstić information content (AvgIpc) is 2.63. The van der Waals surface area contributed by atoms with Crippen LogP contribution in [0, 0.1) is 0 Å². The van der Waals surface area contributed by atoms with Gasteiger partial charge < -0.3 is 55.1 Å². The van der Waals surface area contributed by atoms with Crippen molar-refractivity contribution in [3.63, 3.8) is 0 Å². The lowest BCUT2D eigenvalue weighted by molar-refractivity contribution is -0.379. The number of rotatable bonds is 6. The molecule has 2 fully saturated rings. The van der Waals surface area contributed by atoms with Gasteiger partial charge in [-0.25, -0.2) is 0 Å². The van der Waals surface area contributed by atoms with Crippen LogP contribution in [-0.4, -0.2) is 122 Å². The lowest BCUT2D eigenvalue weighted by atomic mass is 9.93. The quantitative estimate of drug-likeness (QED) is 0.210. The van der Waals surface area contributed by atoms with Gasteiger partial charge in [0.1, 0.15) is 42.7 Å². The van der Waals surface area contributed by atoms with Gasteiger partial charge in [0.25, 0.3) is 0 Å². The van der Waals surface area contributed by atoms with E-state index in [1.807, 2.05) is 0 Å². The summed E-state index contributed by atoms with van der Waals surface area (Å²) in [4.78, 5) is 0. The molecular weight excluding hydrogens is 358 g/mol. The zero-order valence-corrected chi connectivity index (χ0v) is 14.1. The summed E-state index contributed by atoms with van der Waals surface area (Å²) in [7, 11) is 0. The van der Waals surface area contributed by atoms with E-state index in [1.165, 1.54) is 0 Å². The van der Waals surface area contributed by atoms with Crippen LogP contribution in [0.15, 0.2) is 0 Å². The molecule has 0 spiro atoms. The molecule has 2 saturated heterocycles. The predicted octanol–water partition coefficient (Wildman–Crippen LogP) is -5.46. The molecule has 0 aromatic rings. The van der Waals surface area contributed by atoms with E-state index in [4.69, 9.17) is 14.2 Å². The molecule has 12 heteroatoms. The van der Waals surface area contributed by atoms with E-state index in [0.717, 1.165) is 0 Å². The molecule has 0 unspecified atom stereocenters. The Hall–Kier alpha value is -0.480. The fourth-order valence-corrected chi connectivity index (χ4v) is 3.10. The molecule has 2 aliphatic rings. The molecule has 0 aromatic heterocycles. The second-order valence-corrected chi connectivity index (χ2v) is 6.32. The molecule has 9 N–H and O–H groups in total. The molecule has 26 heavy (non-hydrogen) atoms. The molecule has 0 aliphatic carbocycles. The Balaban J connectivity index is 2.22. The van der Waals surface area contributed by atoms with Crippen molar-refractivity contribution in [2.75, 3.05) is 19.8 Å². The predicted molar refractivity (Wildman–Crippen MR) is 81.2 cm³/mol. The second kappa shape index (κ2) is 8.68. The van der Waals surface area contributed by atoms with Crippen LogP contribution in [-0.2, 0) is 14.2 Å². The summed E-state index contributed by atoms with van der Waals surface area (Å²) in [5, 5.41) is 81.3. The monoisotopic (exact) mass is 385 g/mol. The van der Waals surface area contributed by atoms with Gasteiger partial charge in [-0.3, -0.25) is 5.32 Å². The average molecular weight is 385 g/mol. The molecule has 10 atom stereocenters. The first-order chi connectivity index (χ1) is 12.2. The highest BCUT2D eigenvalue weighted by Gasteiger charge is 2.55. The number of hydrogen-bond donors (Lipinski definition) is 9. The highest BCUT2D eigenvalue weighted by atomic mass is 16.7. The van der Waals surface area contributed by atoms with Gasteiger partial charge in [-0.15, -0.1) is 0 Å². The number of nitrogens with one attached hydrogen (secondary N) is 1. The van der Waals surface area contributed by atoms with Crippen LogP contribution in [0.3, 0.4) is 0 Å². The Morgan fingerprint density at radius 2 is 1.62 bits per heavy atom. The van der Waals surface area contributed by atoms with E-state index in [-0.39, 0.29) is 6.54 Å². The van der Waals surface area contributed by atoms with E-state index in [9.17, 15) is 40.9 Å². The largest absolute Gasteiger partial charge is 0.394 e. The first kappa shape index (κ1) is 21.8. The molecule has 0 radical (unpaired) electrons. The highest BCUT2D eigenvalue weighted by molar-refractivity contribution is 4.99. The summed E-state index contributed by atoms with van der Waals surface area (Å²) >= 11 is 0. The van der Waals surface area contributed by atoms with Crippen molar-refractivity contribution in [3.05, 3.63) is 0 Å². The van der Waals surface area contributed by atoms with Crippen molar-refractivity contribution in [3.8, 4) is 0 Å². The zero-order chi connectivity index (χ0) is 19.6. The summed E-state index contributed by atoms with van der Waals surface area (Å²) in [5.41, 5.74) is -1.86. The van der Waals surface area contributed by atoms with Gasteiger partial charge in [0.2, 0.25) is 0 Å². The molecule has 0 saturated carbocycles. The van der Waals surface area contributed by atoms with Crippen LogP contribution in [0.25, 0.3) is 0 Å². The maximum atomic E-state index is 10.1. The molecule has 2 rings (SSSR count). The lowest BCUT2D eigenvalue weighted by Gasteiger charge is -2.50. The summed E-state index contributed by atoms with van der Waals surface area (Å²) < 4.78 is 15.8. The summed E-state index contributed by atoms with van der Waals surface area (Å²) in [6.07, 6.45) is -14.9. The Kier molecular flexibility index (Phi) is 7.29. The number of ether oxygens (including phenoxy) is 3. The van der Waals surface area contributed by atoms with Crippen LogP contribution >= 0.6 is 0 Å². The van der Waals surface area contributed by atoms with Crippen molar-refractivity contribution in [1.29, 1.82) is 0 Å². The van der Waals surface area contributed by atoms with E-state index >= 15 is 0 Å². The minimum atomic E-state index is -1.86. The maximum Gasteiger partial charge on any atom is 0.189 e. The number of likely N-dealkylation sites (N-methyl/N-ethyl adjacent to an activating group) is 1. The maximum absolute atomic E-state index is 10.1. The molecular formula is C14H27NO11. The van der Waals surface area contributed by atoms with Crippen LogP contribution < -0.4 is 5.32 Å². The zero-order valence-electron chi connectivity index (χ0n) is 14.1. The Morgan fingerprint density at radius 3 is 2.15 bits per heavy atom. The van der Waals surface area contributed by atoms with Gasteiger partial charge in [0.15, 0.2) is 18.3 Å². The van der Waals surface area contributed by atoms with Crippen molar-refractivity contribution in [2.45, 2.75) is 68.0 Å². The van der Waals surface area contributed by atoms with Crippen LogP contribution in [0.5, 0.6) is 0 Å². The lowest BCUT2D eigenvalue weighted by Crippen LogP contribution is -2.72. The number of hydrogen-bond acceptors (Lipinski definition) is 12. The van der Waals surface area contributed by atoms with Crippen molar-refractivity contribution in [1.82, 2.24) is 5.32 Å². The highest BCUT2D eigenvalue weighted by Crippen LogP contribution is 2.32. The van der Waals surface area contributed by atoms with E-state index in [1.54, 1.807) is 6.92 Å². The standard InChI is InChI=1S/C14H27NO11/c1-2-15-14(4-17)11(22)7(19)9(21)13(26-14)25-10-5(3-16)24-12(23)8(20)6(10)18/h5-13,15-23H,2-4H2,1H3/t5-,6-,7-,8-,9-,10-,11-,12-,13+,14-/m1/s1. The van der Waals surface area contributed by atoms with Gasteiger partial charge in [-0.1, -0.05) is 6.92 Å². The molecule has 12 nitrogen and oxygen atoms in total. The fourth-order valence-electron chi connectivity index (χ4n) is 3.10. The van der Waals surface area contributed by atoms with Crippen LogP contribution in [0.1, 0.15) is 6.92 Å². The third kappa shape index (κ3) is 3.87. The van der Waals surface area contributed by atoms with Crippen molar-refractivity contribution < 1.29 is 55.1 Å². The topological polar surface area (TPSA) is 202 Å².